The number of nitrogens with zero attached hydrogens (tertiary/aromatic N) is 1. The van der Waals surface area contributed by atoms with Gasteiger partial charge in [-0.1, -0.05) is 23.2 Å². The number of hydrogen-bond donors (Lipinski definition) is 1. The van der Waals surface area contributed by atoms with Crippen molar-refractivity contribution < 1.29 is 4.42 Å². The van der Waals surface area contributed by atoms with E-state index >= 15 is 0 Å². The molecule has 1 heterocycles. The Morgan fingerprint density at radius 3 is 2.68 bits per heavy atom. The Bertz CT molecular complexity index is 573. The third-order valence-electron chi connectivity index (χ3n) is 2.51. The number of benzene rings is 1. The summed E-state index contributed by atoms with van der Waals surface area (Å²) < 4.78 is 5.46. The molecule has 2 aromatic rings. The Hall–Kier alpha value is -1.03. The second-order valence-electron chi connectivity index (χ2n) is 5.37. The van der Waals surface area contributed by atoms with Gasteiger partial charge >= 0.3 is 0 Å². The van der Waals surface area contributed by atoms with Crippen molar-refractivity contribution in [3.05, 3.63) is 40.2 Å². The van der Waals surface area contributed by atoms with E-state index in [-0.39, 0.29) is 5.54 Å². The van der Waals surface area contributed by atoms with Gasteiger partial charge < -0.3 is 9.73 Å². The van der Waals surface area contributed by atoms with Crippen LogP contribution < -0.4 is 5.32 Å². The third-order valence-corrected chi connectivity index (χ3v) is 3.08. The zero-order chi connectivity index (χ0) is 14.0. The Balaban J connectivity index is 2.19. The molecule has 0 aliphatic rings. The molecule has 1 aromatic carbocycles. The van der Waals surface area contributed by atoms with Crippen molar-refractivity contribution in [1.29, 1.82) is 0 Å². The number of rotatable bonds is 3. The van der Waals surface area contributed by atoms with Gasteiger partial charge in [0.1, 0.15) is 6.26 Å². The predicted octanol–water partition coefficient (Wildman–Crippen LogP) is 4.54. The lowest BCUT2D eigenvalue weighted by Gasteiger charge is -2.19. The first-order valence-corrected chi connectivity index (χ1v) is 6.75. The minimum absolute atomic E-state index is 0.0345. The summed E-state index contributed by atoms with van der Waals surface area (Å²) in [6.45, 7) is 6.94. The maximum absolute atomic E-state index is 6.12. The molecule has 0 aliphatic heterocycles. The average molecular weight is 299 g/mol. The van der Waals surface area contributed by atoms with Gasteiger partial charge in [-0.2, -0.15) is 0 Å². The smallest absolute Gasteiger partial charge is 0.227 e. The number of hydrogen-bond acceptors (Lipinski definition) is 3. The fraction of sp³-hybridized carbons (Fsp3) is 0.357. The van der Waals surface area contributed by atoms with Crippen molar-refractivity contribution in [1.82, 2.24) is 10.3 Å². The molecule has 0 atom stereocenters. The van der Waals surface area contributed by atoms with E-state index in [2.05, 4.69) is 31.1 Å². The largest absolute Gasteiger partial charge is 0.444 e. The van der Waals surface area contributed by atoms with Crippen molar-refractivity contribution >= 4 is 23.2 Å². The number of halogens is 2. The molecule has 19 heavy (non-hydrogen) atoms. The quantitative estimate of drug-likeness (QED) is 0.904. The van der Waals surface area contributed by atoms with Crippen LogP contribution >= 0.6 is 23.2 Å². The number of aromatic nitrogens is 1. The standard InChI is InChI=1S/C14H16Cl2N2O/c1-14(2,3)17-7-10-8-19-13(18-10)11-6-9(15)4-5-12(11)16/h4-6,8,17H,7H2,1-3H3. The molecule has 2 rings (SSSR count). The first-order valence-electron chi connectivity index (χ1n) is 6.00. The molecule has 1 aromatic heterocycles. The molecule has 3 nitrogen and oxygen atoms in total. The second kappa shape index (κ2) is 5.53. The van der Waals surface area contributed by atoms with Crippen molar-refractivity contribution in [3.8, 4) is 11.5 Å². The molecule has 0 spiro atoms. The van der Waals surface area contributed by atoms with Gasteiger partial charge in [0.2, 0.25) is 5.89 Å². The highest BCUT2D eigenvalue weighted by Crippen LogP contribution is 2.29. The zero-order valence-corrected chi connectivity index (χ0v) is 12.6. The lowest BCUT2D eigenvalue weighted by Crippen LogP contribution is -2.35. The molecule has 0 radical (unpaired) electrons. The van der Waals surface area contributed by atoms with Crippen molar-refractivity contribution in [2.45, 2.75) is 32.9 Å². The maximum Gasteiger partial charge on any atom is 0.227 e. The van der Waals surface area contributed by atoms with Crippen LogP contribution in [-0.4, -0.2) is 10.5 Å². The highest BCUT2D eigenvalue weighted by Gasteiger charge is 2.13. The number of oxazole rings is 1. The fourth-order valence-electron chi connectivity index (χ4n) is 1.53. The molecule has 1 N–H and O–H groups in total. The molecule has 0 amide bonds. The summed E-state index contributed by atoms with van der Waals surface area (Å²) >= 11 is 12.1. The first kappa shape index (κ1) is 14.4. The lowest BCUT2D eigenvalue weighted by atomic mass is 10.1. The number of nitrogens with one attached hydrogen (secondary N) is 1. The summed E-state index contributed by atoms with van der Waals surface area (Å²) in [5.74, 6) is 0.484. The van der Waals surface area contributed by atoms with Gasteiger partial charge in [-0.05, 0) is 39.0 Å². The van der Waals surface area contributed by atoms with Crippen LogP contribution in [0.15, 0.2) is 28.9 Å². The SMILES string of the molecule is CC(C)(C)NCc1coc(-c2cc(Cl)ccc2Cl)n1. The minimum atomic E-state index is 0.0345. The van der Waals surface area contributed by atoms with Crippen LogP contribution in [0.5, 0.6) is 0 Å². The van der Waals surface area contributed by atoms with Gasteiger partial charge in [-0.15, -0.1) is 0 Å². The summed E-state index contributed by atoms with van der Waals surface area (Å²) in [5, 5.41) is 4.52. The Kier molecular flexibility index (Phi) is 4.19. The maximum atomic E-state index is 6.12. The van der Waals surface area contributed by atoms with E-state index in [1.807, 2.05) is 0 Å². The highest BCUT2D eigenvalue weighted by atomic mass is 35.5. The summed E-state index contributed by atoms with van der Waals surface area (Å²) in [6, 6.07) is 5.21. The fourth-order valence-corrected chi connectivity index (χ4v) is 1.90. The molecule has 0 saturated heterocycles. The summed E-state index contributed by atoms with van der Waals surface area (Å²) in [7, 11) is 0. The molecule has 102 valence electrons. The van der Waals surface area contributed by atoms with E-state index in [0.717, 1.165) is 5.69 Å². The molecule has 0 saturated carbocycles. The topological polar surface area (TPSA) is 38.1 Å². The van der Waals surface area contributed by atoms with Crippen LogP contribution in [0.2, 0.25) is 10.0 Å². The van der Waals surface area contributed by atoms with E-state index in [1.165, 1.54) is 0 Å². The normalized spacial score (nSPS) is 11.8. The molecule has 0 aliphatic carbocycles. The Labute approximate surface area is 122 Å². The summed E-state index contributed by atoms with van der Waals surface area (Å²) in [4.78, 5) is 4.41. The van der Waals surface area contributed by atoms with Crippen molar-refractivity contribution in [2.75, 3.05) is 0 Å². The molecular formula is C14H16Cl2N2O. The minimum Gasteiger partial charge on any atom is -0.444 e. The van der Waals surface area contributed by atoms with Crippen LogP contribution in [0.25, 0.3) is 11.5 Å². The van der Waals surface area contributed by atoms with Gasteiger partial charge in [0.25, 0.3) is 0 Å². The van der Waals surface area contributed by atoms with Crippen molar-refractivity contribution in [3.63, 3.8) is 0 Å². The Morgan fingerprint density at radius 2 is 2.00 bits per heavy atom. The highest BCUT2D eigenvalue weighted by molar-refractivity contribution is 6.35. The molecular weight excluding hydrogens is 283 g/mol. The summed E-state index contributed by atoms with van der Waals surface area (Å²) in [6.07, 6.45) is 1.63. The van der Waals surface area contributed by atoms with Gasteiger partial charge in [0.05, 0.1) is 16.3 Å². The van der Waals surface area contributed by atoms with E-state index in [9.17, 15) is 0 Å². The van der Waals surface area contributed by atoms with E-state index in [1.54, 1.807) is 24.5 Å². The van der Waals surface area contributed by atoms with E-state index < -0.39 is 0 Å². The third kappa shape index (κ3) is 3.96. The van der Waals surface area contributed by atoms with Crippen LogP contribution in [0.4, 0.5) is 0 Å². The van der Waals surface area contributed by atoms with Crippen LogP contribution in [0, 0.1) is 0 Å². The van der Waals surface area contributed by atoms with E-state index in [0.29, 0.717) is 28.0 Å². The van der Waals surface area contributed by atoms with Gasteiger partial charge in [-0.3, -0.25) is 0 Å². The van der Waals surface area contributed by atoms with Gasteiger partial charge in [0, 0.05) is 17.1 Å². The van der Waals surface area contributed by atoms with Gasteiger partial charge in [0.15, 0.2) is 0 Å². The van der Waals surface area contributed by atoms with E-state index in [4.69, 9.17) is 27.6 Å². The molecule has 0 unspecified atom stereocenters. The average Bonchev–Trinajstić information content (AvgIpc) is 2.77. The zero-order valence-electron chi connectivity index (χ0n) is 11.1. The van der Waals surface area contributed by atoms with Crippen LogP contribution in [-0.2, 0) is 6.54 Å². The lowest BCUT2D eigenvalue weighted by molar-refractivity contribution is 0.421. The molecule has 0 fully saturated rings. The van der Waals surface area contributed by atoms with Crippen LogP contribution in [0.3, 0.4) is 0 Å². The molecule has 0 bridgehead atoms. The van der Waals surface area contributed by atoms with Gasteiger partial charge in [-0.25, -0.2) is 4.98 Å². The summed E-state index contributed by atoms with van der Waals surface area (Å²) in [5.41, 5.74) is 1.57. The monoisotopic (exact) mass is 298 g/mol. The van der Waals surface area contributed by atoms with Crippen molar-refractivity contribution in [2.24, 2.45) is 0 Å². The first-order chi connectivity index (χ1) is 8.85. The van der Waals surface area contributed by atoms with Crippen LogP contribution in [0.1, 0.15) is 26.5 Å². The predicted molar refractivity (Wildman–Crippen MR) is 78.6 cm³/mol. The Morgan fingerprint density at radius 1 is 1.26 bits per heavy atom. The molecule has 5 heteroatoms. The second-order valence-corrected chi connectivity index (χ2v) is 6.22.